The quantitative estimate of drug-likeness (QED) is 0.620. The van der Waals surface area contributed by atoms with Crippen molar-refractivity contribution in [2.45, 2.75) is 32.6 Å². The lowest BCUT2D eigenvalue weighted by Crippen LogP contribution is -1.98. The Labute approximate surface area is 122 Å². The van der Waals surface area contributed by atoms with Crippen LogP contribution in [0.4, 0.5) is 0 Å². The van der Waals surface area contributed by atoms with Crippen molar-refractivity contribution in [1.82, 2.24) is 0 Å². The van der Waals surface area contributed by atoms with Crippen molar-refractivity contribution in [3.8, 4) is 0 Å². The van der Waals surface area contributed by atoms with Gasteiger partial charge in [-0.1, -0.05) is 79.1 Å². The lowest BCUT2D eigenvalue weighted by atomic mass is 9.89. The molecule has 1 fully saturated rings. The molecule has 3 rings (SSSR count). The molecule has 1 aliphatic rings. The highest BCUT2D eigenvalue weighted by Gasteiger charge is 2.20. The molecule has 0 N–H and O–H groups in total. The van der Waals surface area contributed by atoms with Crippen LogP contribution in [0.3, 0.4) is 0 Å². The summed E-state index contributed by atoms with van der Waals surface area (Å²) in [6.07, 6.45) is 7.84. The molecule has 0 heteroatoms. The van der Waals surface area contributed by atoms with Crippen LogP contribution < -0.4 is 0 Å². The molecule has 0 heterocycles. The highest BCUT2D eigenvalue weighted by atomic mass is 14.2. The Morgan fingerprint density at radius 3 is 2.40 bits per heavy atom. The lowest BCUT2D eigenvalue weighted by Gasteiger charge is -2.15. The van der Waals surface area contributed by atoms with Gasteiger partial charge in [0.25, 0.3) is 0 Å². The van der Waals surface area contributed by atoms with E-state index in [4.69, 9.17) is 0 Å². The van der Waals surface area contributed by atoms with Crippen molar-refractivity contribution in [1.29, 1.82) is 0 Å². The van der Waals surface area contributed by atoms with E-state index in [0.717, 1.165) is 5.92 Å². The predicted molar refractivity (Wildman–Crippen MR) is 87.5 cm³/mol. The lowest BCUT2D eigenvalue weighted by molar-refractivity contribution is 0.708. The van der Waals surface area contributed by atoms with Crippen molar-refractivity contribution in [2.75, 3.05) is 0 Å². The maximum atomic E-state index is 2.40. The van der Waals surface area contributed by atoms with E-state index in [1.54, 1.807) is 0 Å². The van der Waals surface area contributed by atoms with Gasteiger partial charge in [0.05, 0.1) is 0 Å². The first kappa shape index (κ1) is 13.2. The van der Waals surface area contributed by atoms with E-state index in [-0.39, 0.29) is 0 Å². The van der Waals surface area contributed by atoms with Crippen LogP contribution >= 0.6 is 0 Å². The molecule has 20 heavy (non-hydrogen) atoms. The molecule has 0 radical (unpaired) electrons. The number of rotatable bonds is 3. The van der Waals surface area contributed by atoms with Gasteiger partial charge in [0, 0.05) is 0 Å². The van der Waals surface area contributed by atoms with E-state index in [2.05, 4.69) is 67.6 Å². The van der Waals surface area contributed by atoms with Crippen molar-refractivity contribution in [3.63, 3.8) is 0 Å². The van der Waals surface area contributed by atoms with E-state index in [1.165, 1.54) is 47.9 Å². The molecule has 0 aliphatic heterocycles. The van der Waals surface area contributed by atoms with E-state index >= 15 is 0 Å². The van der Waals surface area contributed by atoms with Gasteiger partial charge in [-0.05, 0) is 42.4 Å². The minimum atomic E-state index is 0.734. The number of benzene rings is 2. The monoisotopic (exact) mass is 262 g/mol. The Balaban J connectivity index is 2.01. The Bertz CT molecular complexity index is 586. The number of hydrogen-bond acceptors (Lipinski definition) is 0. The topological polar surface area (TPSA) is 0 Å². The van der Waals surface area contributed by atoms with Crippen molar-refractivity contribution in [3.05, 3.63) is 71.3 Å². The van der Waals surface area contributed by atoms with E-state index in [0.29, 0.717) is 0 Å². The Hall–Kier alpha value is -1.82. The second-order valence-corrected chi connectivity index (χ2v) is 5.86. The third-order valence-electron chi connectivity index (χ3n) is 4.27. The zero-order chi connectivity index (χ0) is 13.8. The van der Waals surface area contributed by atoms with Crippen LogP contribution in [0.15, 0.2) is 54.6 Å². The third kappa shape index (κ3) is 3.01. The van der Waals surface area contributed by atoms with Crippen LogP contribution in [-0.4, -0.2) is 0 Å². The molecule has 2 aromatic carbocycles. The molecular weight excluding hydrogens is 240 g/mol. The molecule has 2 aromatic rings. The third-order valence-corrected chi connectivity index (χ3v) is 4.27. The molecule has 0 spiro atoms. The average molecular weight is 262 g/mol. The van der Waals surface area contributed by atoms with Gasteiger partial charge in [-0.2, -0.15) is 0 Å². The van der Waals surface area contributed by atoms with Crippen LogP contribution in [0, 0.1) is 12.8 Å². The van der Waals surface area contributed by atoms with E-state index in [9.17, 15) is 0 Å². The summed E-state index contributed by atoms with van der Waals surface area (Å²) in [5, 5.41) is 0. The van der Waals surface area contributed by atoms with Crippen molar-refractivity contribution < 1.29 is 0 Å². The summed E-state index contributed by atoms with van der Waals surface area (Å²) in [5.74, 6) is 0.734. The molecular formula is C20H22. The predicted octanol–water partition coefficient (Wildman–Crippen LogP) is 5.73. The normalized spacial score (nSPS) is 16.6. The summed E-state index contributed by atoms with van der Waals surface area (Å²) in [6.45, 7) is 2.16. The zero-order valence-corrected chi connectivity index (χ0v) is 12.2. The van der Waals surface area contributed by atoms with E-state index < -0.39 is 0 Å². The smallest absolute Gasteiger partial charge is 0.0156 e. The van der Waals surface area contributed by atoms with E-state index in [1.807, 2.05) is 0 Å². The first-order chi connectivity index (χ1) is 9.83. The maximum absolute atomic E-state index is 2.40. The van der Waals surface area contributed by atoms with Crippen LogP contribution in [0.25, 0.3) is 11.6 Å². The Morgan fingerprint density at radius 1 is 0.950 bits per heavy atom. The second-order valence-electron chi connectivity index (χ2n) is 5.86. The van der Waals surface area contributed by atoms with Gasteiger partial charge >= 0.3 is 0 Å². The fraction of sp³-hybridized carbons (Fsp3) is 0.300. The highest BCUT2D eigenvalue weighted by molar-refractivity contribution is 5.83. The zero-order valence-electron chi connectivity index (χ0n) is 12.2. The van der Waals surface area contributed by atoms with Crippen LogP contribution in [0.5, 0.6) is 0 Å². The van der Waals surface area contributed by atoms with Gasteiger partial charge < -0.3 is 0 Å². The van der Waals surface area contributed by atoms with Crippen molar-refractivity contribution in [2.24, 2.45) is 5.92 Å². The van der Waals surface area contributed by atoms with Gasteiger partial charge in [0.15, 0.2) is 0 Å². The standard InChI is InChI=1S/C20H22/c1-16-8-7-9-17(14-16)15-20(19-12-5-6-13-19)18-10-3-2-4-11-18/h2-4,7-11,14-15,19H,5-6,12-13H2,1H3/b20-15-. The SMILES string of the molecule is Cc1cccc(/C=C(/c2ccccc2)C2CCCC2)c1. The molecule has 102 valence electrons. The Morgan fingerprint density at radius 2 is 1.70 bits per heavy atom. The summed E-state index contributed by atoms with van der Waals surface area (Å²) in [6, 6.07) is 19.7. The number of allylic oxidation sites excluding steroid dienone is 1. The summed E-state index contributed by atoms with van der Waals surface area (Å²) >= 11 is 0. The van der Waals surface area contributed by atoms with Crippen molar-refractivity contribution >= 4 is 11.6 Å². The first-order valence-electron chi connectivity index (χ1n) is 7.66. The van der Waals surface area contributed by atoms with Crippen LogP contribution in [0.2, 0.25) is 0 Å². The van der Waals surface area contributed by atoms with Gasteiger partial charge in [-0.3, -0.25) is 0 Å². The summed E-state index contributed by atoms with van der Waals surface area (Å²) in [5.41, 5.74) is 5.57. The minimum absolute atomic E-state index is 0.734. The van der Waals surface area contributed by atoms with Crippen LogP contribution in [-0.2, 0) is 0 Å². The molecule has 0 atom stereocenters. The molecule has 0 bridgehead atoms. The average Bonchev–Trinajstić information content (AvgIpc) is 3.00. The molecule has 0 unspecified atom stereocenters. The number of hydrogen-bond donors (Lipinski definition) is 0. The minimum Gasteiger partial charge on any atom is -0.0622 e. The molecule has 0 aromatic heterocycles. The summed E-state index contributed by atoms with van der Waals surface area (Å²) in [7, 11) is 0. The fourth-order valence-corrected chi connectivity index (χ4v) is 3.24. The Kier molecular flexibility index (Phi) is 4.01. The highest BCUT2D eigenvalue weighted by Crippen LogP contribution is 2.37. The van der Waals surface area contributed by atoms with Gasteiger partial charge in [-0.15, -0.1) is 0 Å². The largest absolute Gasteiger partial charge is 0.0622 e. The first-order valence-corrected chi connectivity index (χ1v) is 7.66. The second kappa shape index (κ2) is 6.09. The molecule has 1 saturated carbocycles. The fourth-order valence-electron chi connectivity index (χ4n) is 3.24. The molecule has 0 saturated heterocycles. The molecule has 0 nitrogen and oxygen atoms in total. The molecule has 1 aliphatic carbocycles. The van der Waals surface area contributed by atoms with Gasteiger partial charge in [0.2, 0.25) is 0 Å². The summed E-state index contributed by atoms with van der Waals surface area (Å²) in [4.78, 5) is 0. The van der Waals surface area contributed by atoms with Gasteiger partial charge in [0.1, 0.15) is 0 Å². The van der Waals surface area contributed by atoms with Gasteiger partial charge in [-0.25, -0.2) is 0 Å². The number of aryl methyl sites for hydroxylation is 1. The summed E-state index contributed by atoms with van der Waals surface area (Å²) < 4.78 is 0. The maximum Gasteiger partial charge on any atom is -0.0156 e. The van der Waals surface area contributed by atoms with Crippen LogP contribution in [0.1, 0.15) is 42.4 Å². The molecule has 0 amide bonds.